The van der Waals surface area contributed by atoms with Crippen LogP contribution in [0.25, 0.3) is 22.3 Å². The zero-order chi connectivity index (χ0) is 27.2. The molecule has 0 fully saturated rings. The summed E-state index contributed by atoms with van der Waals surface area (Å²) in [5.74, 6) is 0. The van der Waals surface area contributed by atoms with E-state index in [1.54, 1.807) is 0 Å². The lowest BCUT2D eigenvalue weighted by Crippen LogP contribution is -2.44. The van der Waals surface area contributed by atoms with E-state index in [1.165, 1.54) is 0 Å². The number of hydrogen-bond donors (Lipinski definition) is 2. The van der Waals surface area contributed by atoms with Crippen LogP contribution in [0.4, 0.5) is 0 Å². The molecule has 7 rings (SSSR count). The molecule has 6 aromatic carbocycles. The maximum Gasteiger partial charge on any atom is 0.141 e. The number of fused-ring (bicyclic) bond motifs is 2. The van der Waals surface area contributed by atoms with E-state index in [4.69, 9.17) is 0 Å². The highest BCUT2D eigenvalue weighted by Crippen LogP contribution is 2.55. The van der Waals surface area contributed by atoms with Gasteiger partial charge >= 0.3 is 0 Å². The Bertz CT molecular complexity index is 1640. The van der Waals surface area contributed by atoms with Gasteiger partial charge in [-0.1, -0.05) is 158 Å². The zero-order valence-corrected chi connectivity index (χ0v) is 21.9. The molecular formula is C38H28O2. The minimum absolute atomic E-state index is 0.669. The van der Waals surface area contributed by atoms with Crippen LogP contribution in [0.15, 0.2) is 158 Å². The van der Waals surface area contributed by atoms with E-state index >= 15 is 0 Å². The number of hydrogen-bond acceptors (Lipinski definition) is 2. The molecule has 0 amide bonds. The summed E-state index contributed by atoms with van der Waals surface area (Å²) < 4.78 is 0. The SMILES string of the molecule is OC1(c2ccccc2-c2ccccc2)c2ccccc2C(O)(c2ccccc2-c2ccccc2)c2ccccc21. The van der Waals surface area contributed by atoms with Crippen LogP contribution in [0.2, 0.25) is 0 Å². The maximum absolute atomic E-state index is 13.0. The molecule has 0 heterocycles. The summed E-state index contributed by atoms with van der Waals surface area (Å²) >= 11 is 0. The Labute approximate surface area is 234 Å². The van der Waals surface area contributed by atoms with Crippen LogP contribution in [-0.4, -0.2) is 10.2 Å². The van der Waals surface area contributed by atoms with Crippen LogP contribution in [0.5, 0.6) is 0 Å². The van der Waals surface area contributed by atoms with Crippen molar-refractivity contribution in [3.05, 3.63) is 191 Å². The third-order valence-electron chi connectivity index (χ3n) is 8.22. The first-order valence-electron chi connectivity index (χ1n) is 13.6. The van der Waals surface area contributed by atoms with Gasteiger partial charge in [-0.15, -0.1) is 0 Å². The molecule has 0 unspecified atom stereocenters. The first-order chi connectivity index (χ1) is 19.6. The van der Waals surface area contributed by atoms with E-state index in [0.29, 0.717) is 22.3 Å². The van der Waals surface area contributed by atoms with Crippen LogP contribution in [0.1, 0.15) is 33.4 Å². The minimum atomic E-state index is -1.49. The summed E-state index contributed by atoms with van der Waals surface area (Å²) in [5, 5.41) is 26.1. The van der Waals surface area contributed by atoms with E-state index in [0.717, 1.165) is 33.4 Å². The molecule has 6 aromatic rings. The van der Waals surface area contributed by atoms with E-state index in [-0.39, 0.29) is 0 Å². The second-order valence-corrected chi connectivity index (χ2v) is 10.3. The van der Waals surface area contributed by atoms with Gasteiger partial charge in [0.25, 0.3) is 0 Å². The summed E-state index contributed by atoms with van der Waals surface area (Å²) in [6, 6.07) is 51.9. The molecule has 0 saturated carbocycles. The Morgan fingerprint density at radius 1 is 0.275 bits per heavy atom. The highest BCUT2D eigenvalue weighted by atomic mass is 16.3. The average molecular weight is 517 g/mol. The average Bonchev–Trinajstić information content (AvgIpc) is 3.04. The topological polar surface area (TPSA) is 40.5 Å². The molecular weight excluding hydrogens is 488 g/mol. The highest BCUT2D eigenvalue weighted by molar-refractivity contribution is 5.77. The maximum atomic E-state index is 13.0. The first kappa shape index (κ1) is 24.3. The third kappa shape index (κ3) is 3.51. The molecule has 1 aliphatic carbocycles. The molecule has 2 heteroatoms. The lowest BCUT2D eigenvalue weighted by molar-refractivity contribution is 0.0754. The summed E-state index contributed by atoms with van der Waals surface area (Å²) in [7, 11) is 0. The van der Waals surface area contributed by atoms with Crippen LogP contribution in [-0.2, 0) is 11.2 Å². The van der Waals surface area contributed by atoms with Crippen molar-refractivity contribution in [2.24, 2.45) is 0 Å². The van der Waals surface area contributed by atoms with Gasteiger partial charge in [-0.3, -0.25) is 0 Å². The van der Waals surface area contributed by atoms with E-state index in [2.05, 4.69) is 36.4 Å². The Kier molecular flexibility index (Phi) is 5.74. The molecule has 0 spiro atoms. The van der Waals surface area contributed by atoms with Crippen molar-refractivity contribution in [1.29, 1.82) is 0 Å². The molecule has 2 nitrogen and oxygen atoms in total. The summed E-state index contributed by atoms with van der Waals surface area (Å²) in [4.78, 5) is 0. The zero-order valence-electron chi connectivity index (χ0n) is 21.9. The smallest absolute Gasteiger partial charge is 0.141 e. The second kappa shape index (κ2) is 9.46. The second-order valence-electron chi connectivity index (χ2n) is 10.3. The normalized spacial score (nSPS) is 19.4. The van der Waals surface area contributed by atoms with Gasteiger partial charge in [0, 0.05) is 11.1 Å². The van der Waals surface area contributed by atoms with Crippen LogP contribution in [0, 0.1) is 0 Å². The van der Waals surface area contributed by atoms with E-state index < -0.39 is 11.2 Å². The van der Waals surface area contributed by atoms with Gasteiger partial charge in [0.15, 0.2) is 0 Å². The molecule has 1 aliphatic rings. The molecule has 0 aliphatic heterocycles. The molecule has 2 N–H and O–H groups in total. The van der Waals surface area contributed by atoms with Gasteiger partial charge in [-0.25, -0.2) is 0 Å². The Morgan fingerprint density at radius 2 is 0.525 bits per heavy atom. The lowest BCUT2D eigenvalue weighted by atomic mass is 9.62. The molecule has 40 heavy (non-hydrogen) atoms. The quantitative estimate of drug-likeness (QED) is 0.250. The van der Waals surface area contributed by atoms with Gasteiger partial charge in [-0.05, 0) is 44.5 Å². The Balaban J connectivity index is 1.56. The fourth-order valence-corrected chi connectivity index (χ4v) is 6.43. The summed E-state index contributed by atoms with van der Waals surface area (Å²) in [6.45, 7) is 0. The van der Waals surface area contributed by atoms with Crippen molar-refractivity contribution in [1.82, 2.24) is 0 Å². The van der Waals surface area contributed by atoms with Gasteiger partial charge < -0.3 is 10.2 Å². The standard InChI is InChI=1S/C38H28O2/c39-37(31-21-9-7-19-29(31)27-15-3-1-4-16-27)33-23-11-13-25-35(33)38(40,36-26-14-12-24-34(36)37)32-22-10-8-20-30(32)28-17-5-2-6-18-28/h1-26,39-40H. The van der Waals surface area contributed by atoms with Gasteiger partial charge in [0.2, 0.25) is 0 Å². The first-order valence-corrected chi connectivity index (χ1v) is 13.6. The largest absolute Gasteiger partial charge is 0.376 e. The fraction of sp³-hybridized carbons (Fsp3) is 0.0526. The van der Waals surface area contributed by atoms with E-state index in [9.17, 15) is 10.2 Å². The molecule has 192 valence electrons. The molecule has 0 atom stereocenters. The predicted molar refractivity (Wildman–Crippen MR) is 161 cm³/mol. The van der Waals surface area contributed by atoms with Crippen molar-refractivity contribution in [3.8, 4) is 22.3 Å². The fourth-order valence-electron chi connectivity index (χ4n) is 6.43. The minimum Gasteiger partial charge on any atom is -0.376 e. The van der Waals surface area contributed by atoms with Crippen molar-refractivity contribution in [2.45, 2.75) is 11.2 Å². The highest BCUT2D eigenvalue weighted by Gasteiger charge is 2.51. The number of benzene rings is 6. The number of rotatable bonds is 4. The van der Waals surface area contributed by atoms with Crippen LogP contribution >= 0.6 is 0 Å². The molecule has 0 saturated heterocycles. The van der Waals surface area contributed by atoms with Crippen LogP contribution < -0.4 is 0 Å². The van der Waals surface area contributed by atoms with Crippen LogP contribution in [0.3, 0.4) is 0 Å². The van der Waals surface area contributed by atoms with Crippen molar-refractivity contribution in [2.75, 3.05) is 0 Å². The van der Waals surface area contributed by atoms with Gasteiger partial charge in [0.1, 0.15) is 11.2 Å². The molecule has 0 aromatic heterocycles. The Morgan fingerprint density at radius 3 is 0.850 bits per heavy atom. The predicted octanol–water partition coefficient (Wildman–Crippen LogP) is 7.90. The molecule has 0 radical (unpaired) electrons. The van der Waals surface area contributed by atoms with Gasteiger partial charge in [-0.2, -0.15) is 0 Å². The third-order valence-corrected chi connectivity index (χ3v) is 8.22. The van der Waals surface area contributed by atoms with E-state index in [1.807, 2.05) is 121 Å². The molecule has 0 bridgehead atoms. The monoisotopic (exact) mass is 516 g/mol. The summed E-state index contributed by atoms with van der Waals surface area (Å²) in [6.07, 6.45) is 0. The number of aliphatic hydroxyl groups is 2. The van der Waals surface area contributed by atoms with Crippen molar-refractivity contribution < 1.29 is 10.2 Å². The Hall–Kier alpha value is -4.76. The van der Waals surface area contributed by atoms with Crippen molar-refractivity contribution in [3.63, 3.8) is 0 Å². The van der Waals surface area contributed by atoms with Gasteiger partial charge in [0.05, 0.1) is 0 Å². The summed E-state index contributed by atoms with van der Waals surface area (Å²) in [5.41, 5.74) is 5.19. The van der Waals surface area contributed by atoms with Crippen molar-refractivity contribution >= 4 is 0 Å². The lowest BCUT2D eigenvalue weighted by Gasteiger charge is -2.46.